The fourth-order valence-corrected chi connectivity index (χ4v) is 21.4. The molecule has 34 heteroatoms. The third kappa shape index (κ3) is 17.6. The lowest BCUT2D eigenvalue weighted by Gasteiger charge is -2.46. The summed E-state index contributed by atoms with van der Waals surface area (Å²) in [5.41, 5.74) is 7.03. The van der Waals surface area contributed by atoms with Crippen LogP contribution >= 0.6 is 0 Å². The van der Waals surface area contributed by atoms with Crippen LogP contribution in [0.3, 0.4) is 0 Å². The van der Waals surface area contributed by atoms with Crippen LogP contribution in [0.4, 0.5) is 30.7 Å². The van der Waals surface area contributed by atoms with Gasteiger partial charge in [-0.3, -0.25) is 37.8 Å². The fourth-order valence-electron chi connectivity index (χ4n) is 21.4. The molecule has 5 fully saturated rings. The summed E-state index contributed by atoms with van der Waals surface area (Å²) in [7, 11) is 9.05. The van der Waals surface area contributed by atoms with Crippen molar-refractivity contribution in [3.05, 3.63) is 268 Å². The van der Waals surface area contributed by atoms with Crippen LogP contribution in [0.2, 0.25) is 0 Å². The van der Waals surface area contributed by atoms with Gasteiger partial charge >= 0.3 is 12.4 Å². The minimum Gasteiger partial charge on any atom is -0.496 e. The summed E-state index contributed by atoms with van der Waals surface area (Å²) < 4.78 is 149. The summed E-state index contributed by atoms with van der Waals surface area (Å²) >= 11 is 0. The second-order valence-electron chi connectivity index (χ2n) is 38.7. The van der Waals surface area contributed by atoms with Crippen molar-refractivity contribution in [1.29, 1.82) is 5.26 Å². The molecule has 15 heterocycles. The highest BCUT2D eigenvalue weighted by molar-refractivity contribution is 5.99. The number of halogens is 7. The van der Waals surface area contributed by atoms with Gasteiger partial charge in [0.1, 0.15) is 68.8 Å². The second kappa shape index (κ2) is 37.2. The van der Waals surface area contributed by atoms with Crippen molar-refractivity contribution in [2.75, 3.05) is 73.2 Å². The summed E-state index contributed by atoms with van der Waals surface area (Å²) in [6.07, 6.45) is 5.15. The van der Waals surface area contributed by atoms with Crippen molar-refractivity contribution in [3.63, 3.8) is 0 Å². The van der Waals surface area contributed by atoms with Crippen LogP contribution in [0.1, 0.15) is 181 Å². The molecule has 3 atom stereocenters. The largest absolute Gasteiger partial charge is 0.496 e. The average molecular weight is 1910 g/mol. The number of likely N-dealkylation sites (tertiary alicyclic amines) is 4. The maximum Gasteiger partial charge on any atom is 0.434 e. The first-order valence-corrected chi connectivity index (χ1v) is 47.2. The molecular formula is C106H107F7N16O11. The number of carbonyl (C=O) groups is 4. The molecule has 8 aliphatic heterocycles. The zero-order valence-corrected chi connectivity index (χ0v) is 79.3. The number of hydrogen-bond acceptors (Lipinski definition) is 18. The van der Waals surface area contributed by atoms with Gasteiger partial charge < -0.3 is 52.8 Å². The number of pyridine rings is 2. The van der Waals surface area contributed by atoms with Gasteiger partial charge in [0.2, 0.25) is 5.91 Å². The second-order valence-corrected chi connectivity index (χ2v) is 38.7. The minimum atomic E-state index is -4.85. The molecule has 726 valence electrons. The predicted octanol–water partition coefficient (Wildman–Crippen LogP) is 18.9. The number of carbonyl (C=O) groups excluding carboxylic acids is 4. The molecule has 1 saturated carbocycles. The standard InChI is InChI=1S/C28H35N3O4.C27H31N3O3.C26H21F4N5O2.C25H20F3N5O2/c1-19(2)18-34-24-10-8-20(16-25(24)33-3)27(32)30-14-12-28(13-15-30)26-11-9-21(17-29)31(26)22-6-4-5-7-23(22)35-28;1-26(2,3)20-11-10-18(16-23(20)32-5)25(31)30-14-12-27(13-15-30)21-17-29(4)28-24(21)19-8-6-7-9-22(19)33-27;1-33-22-18-4-2-3-5-21(18)37-25(20(22)15-31-33)10-12-34(13-11-25)24(36)19-14-32-35(23(19)26(28,29)30)17-8-6-16(27)7-9-17;1-32-20-16-6-2-3-7-19(16)35-24(18(20)14-30-32)8-11-33(12-9-24)23(34)17-13-15-5-4-10-29-22(15)31-21(17)25(26,27)28/h4-7,9,11,19-20,24-25H,8,10,12-16,18H2,1-3H3;6-11,16-17H,12-15H2,1-5H3;2-9,14-15H,10-13H2,1H3;2-7,10,13-14H,8-9,11-12H2,1H3. The van der Waals surface area contributed by atoms with E-state index in [2.05, 4.69) is 78.2 Å². The van der Waals surface area contributed by atoms with Crippen molar-refractivity contribution in [1.82, 2.24) is 73.3 Å². The molecule has 4 spiro atoms. The molecule has 0 N–H and O–H groups in total. The number of nitriles is 1. The van der Waals surface area contributed by atoms with Crippen molar-refractivity contribution in [3.8, 4) is 80.0 Å². The van der Waals surface area contributed by atoms with E-state index in [0.29, 0.717) is 104 Å². The first-order chi connectivity index (χ1) is 67.1. The number of ether oxygens (including phenoxy) is 7. The predicted molar refractivity (Wildman–Crippen MR) is 504 cm³/mol. The third-order valence-electron chi connectivity index (χ3n) is 28.6. The number of methoxy groups -OCH3 is 2. The van der Waals surface area contributed by atoms with Gasteiger partial charge in [-0.25, -0.2) is 19.0 Å². The van der Waals surface area contributed by atoms with E-state index in [1.54, 1.807) is 48.1 Å². The van der Waals surface area contributed by atoms with Crippen LogP contribution in [0.5, 0.6) is 28.7 Å². The number of amides is 4. The molecule has 1 aliphatic carbocycles. The number of rotatable bonds is 10. The van der Waals surface area contributed by atoms with Gasteiger partial charge in [-0.2, -0.15) is 52.0 Å². The highest BCUT2D eigenvalue weighted by atomic mass is 19.4. The van der Waals surface area contributed by atoms with Crippen LogP contribution in [0.25, 0.3) is 56.2 Å². The first kappa shape index (κ1) is 94.8. The van der Waals surface area contributed by atoms with Gasteiger partial charge in [-0.1, -0.05) is 89.2 Å². The topological polar surface area (TPSA) is 272 Å². The average Bonchev–Trinajstić information content (AvgIpc) is 1.54. The maximum atomic E-state index is 14.1. The smallest absolute Gasteiger partial charge is 0.434 e. The van der Waals surface area contributed by atoms with Crippen molar-refractivity contribution >= 4 is 34.7 Å². The molecule has 27 nitrogen and oxygen atoms in total. The number of para-hydroxylation sites is 5. The van der Waals surface area contributed by atoms with Gasteiger partial charge in [0.15, 0.2) is 22.6 Å². The van der Waals surface area contributed by atoms with E-state index < -0.39 is 74.9 Å². The summed E-state index contributed by atoms with van der Waals surface area (Å²) in [4.78, 5) is 67.9. The highest BCUT2D eigenvalue weighted by Gasteiger charge is 2.53. The Balaban J connectivity index is 0.000000119. The fraction of sp³-hybridized carbons (Fsp3) is 0.387. The van der Waals surface area contributed by atoms with Crippen LogP contribution in [-0.2, 0) is 75.6 Å². The highest BCUT2D eigenvalue weighted by Crippen LogP contribution is 2.55. The Hall–Kier alpha value is -14.2. The quantitative estimate of drug-likeness (QED) is 0.115. The number of benzene rings is 6. The van der Waals surface area contributed by atoms with Crippen LogP contribution in [0, 0.1) is 29.0 Å². The van der Waals surface area contributed by atoms with E-state index >= 15 is 0 Å². The van der Waals surface area contributed by atoms with E-state index in [9.17, 15) is 55.2 Å². The van der Waals surface area contributed by atoms with Gasteiger partial charge in [0.25, 0.3) is 17.7 Å². The summed E-state index contributed by atoms with van der Waals surface area (Å²) in [5.74, 6) is 2.49. The number of nitrogens with zero attached hydrogens (tertiary/aromatic N) is 16. The molecule has 0 bridgehead atoms. The summed E-state index contributed by atoms with van der Waals surface area (Å²) in [6.45, 7) is 14.8. The molecule has 7 aromatic heterocycles. The minimum absolute atomic E-state index is 0.00347. The zero-order chi connectivity index (χ0) is 98.3. The van der Waals surface area contributed by atoms with Crippen LogP contribution in [0.15, 0.2) is 201 Å². The third-order valence-corrected chi connectivity index (χ3v) is 28.6. The Kier molecular flexibility index (Phi) is 25.2. The molecule has 4 amide bonds. The molecule has 22 rings (SSSR count). The number of hydrogen-bond donors (Lipinski definition) is 0. The number of fused-ring (bicyclic) bond motifs is 17. The number of alkyl halides is 6. The van der Waals surface area contributed by atoms with E-state index in [1.165, 1.54) is 34.2 Å². The number of piperidine rings is 4. The van der Waals surface area contributed by atoms with E-state index in [-0.39, 0.29) is 72.9 Å². The van der Waals surface area contributed by atoms with Gasteiger partial charge in [-0.05, 0) is 151 Å². The van der Waals surface area contributed by atoms with E-state index in [4.69, 9.17) is 38.3 Å². The lowest BCUT2D eigenvalue weighted by atomic mass is 9.81. The molecule has 13 aromatic rings. The van der Waals surface area contributed by atoms with Crippen molar-refractivity contribution in [2.24, 2.45) is 33.0 Å². The summed E-state index contributed by atoms with van der Waals surface area (Å²) in [5, 5.41) is 27.5. The van der Waals surface area contributed by atoms with Crippen LogP contribution in [-0.4, -0.2) is 182 Å². The molecule has 3 unspecified atom stereocenters. The molecular weight excluding hydrogens is 1810 g/mol. The monoisotopic (exact) mass is 1910 g/mol. The van der Waals surface area contributed by atoms with Crippen LogP contribution < -0.4 is 23.7 Å². The first-order valence-electron chi connectivity index (χ1n) is 47.2. The number of aryl methyl sites for hydroxylation is 3. The summed E-state index contributed by atoms with van der Waals surface area (Å²) in [6, 6.07) is 52.1. The Labute approximate surface area is 804 Å². The Morgan fingerprint density at radius 1 is 0.550 bits per heavy atom. The zero-order valence-electron chi connectivity index (χ0n) is 79.3. The number of aromatic nitrogens is 11. The molecule has 4 saturated heterocycles. The normalized spacial score (nSPS) is 18.6. The Morgan fingerprint density at radius 3 is 1.64 bits per heavy atom. The van der Waals surface area contributed by atoms with Gasteiger partial charge in [0, 0.05) is 201 Å². The SMILES string of the molecule is COC1CC(C(=O)N2CCC3(CC2)Oc2ccccc2-n2c(C#N)ccc23)CCC1OCC(C)C.COc1cc(C(=O)N2CCC3(CC2)Oc2ccccc2-c2nn(C)cc23)ccc1C(C)(C)C.Cn1ncc2c1-c1ccccc1OC21CCN(C(=O)c2cc3cccnc3nc2C(F)(F)F)CC1.Cn1ncc2c1-c1ccccc1OC21CCN(C(=O)c2cnn(-c3ccc(F)cc3)c2C(F)(F)F)CC1. The molecule has 9 aliphatic rings. The lowest BCUT2D eigenvalue weighted by molar-refractivity contribution is -0.147. The Bertz CT molecular complexity index is 6930. The maximum absolute atomic E-state index is 14.1. The molecule has 0 radical (unpaired) electrons. The van der Waals surface area contributed by atoms with E-state index in [1.807, 2.05) is 162 Å². The lowest BCUT2D eigenvalue weighted by Crippen LogP contribution is -2.52. The molecule has 140 heavy (non-hydrogen) atoms. The van der Waals surface area contributed by atoms with Crippen molar-refractivity contribution in [2.45, 2.75) is 158 Å². The molecule has 6 aromatic carbocycles. The Morgan fingerprint density at radius 2 is 1.08 bits per heavy atom. The van der Waals surface area contributed by atoms with E-state index in [0.717, 1.165) is 141 Å². The van der Waals surface area contributed by atoms with Gasteiger partial charge in [-0.15, -0.1) is 0 Å². The van der Waals surface area contributed by atoms with Gasteiger partial charge in [0.05, 0.1) is 77.5 Å². The van der Waals surface area contributed by atoms with Crippen molar-refractivity contribution < 1.29 is 83.1 Å².